The lowest BCUT2D eigenvalue weighted by molar-refractivity contribution is 0.0907. The van der Waals surface area contributed by atoms with Crippen molar-refractivity contribution in [2.24, 2.45) is 0 Å². The molecule has 1 aromatic rings. The fourth-order valence-corrected chi connectivity index (χ4v) is 0.822. The van der Waals surface area contributed by atoms with E-state index in [1.165, 1.54) is 6.20 Å². The summed E-state index contributed by atoms with van der Waals surface area (Å²) in [5.41, 5.74) is -0.215. The normalized spacial score (nSPS) is 13.7. The Hall–Kier alpha value is -1.10. The number of hydrogen-bond donors (Lipinski definition) is 2. The van der Waals surface area contributed by atoms with Crippen LogP contribution >= 0.6 is 11.6 Å². The first kappa shape index (κ1) is 11.0. The molecule has 0 spiro atoms. The van der Waals surface area contributed by atoms with Gasteiger partial charge >= 0.3 is 0 Å². The molecule has 1 amide bonds. The van der Waals surface area contributed by atoms with Gasteiger partial charge in [0.1, 0.15) is 0 Å². The van der Waals surface area contributed by atoms with Gasteiger partial charge in [-0.3, -0.25) is 4.79 Å². The lowest BCUT2D eigenvalue weighted by atomic mass is 10.0. The number of H-pyrrole nitrogens is 1. The zero-order valence-electron chi connectivity index (χ0n) is 8.34. The van der Waals surface area contributed by atoms with Gasteiger partial charge in [0, 0.05) is 0 Å². The van der Waals surface area contributed by atoms with Gasteiger partial charge < -0.3 is 5.32 Å². The van der Waals surface area contributed by atoms with Crippen molar-refractivity contribution in [2.75, 3.05) is 0 Å². The van der Waals surface area contributed by atoms with E-state index in [1.54, 1.807) is 0 Å². The summed E-state index contributed by atoms with van der Waals surface area (Å²) in [6, 6.07) is 0. The van der Waals surface area contributed by atoms with Crippen LogP contribution < -0.4 is 5.32 Å². The van der Waals surface area contributed by atoms with Gasteiger partial charge in [-0.15, -0.1) is 11.6 Å². The maximum Gasteiger partial charge on any atom is 0.273 e. The zero-order chi connectivity index (χ0) is 10.8. The van der Waals surface area contributed by atoms with Crippen LogP contribution in [0.2, 0.25) is 0 Å². The van der Waals surface area contributed by atoms with Gasteiger partial charge in [0.15, 0.2) is 5.69 Å². The van der Waals surface area contributed by atoms with Crippen molar-refractivity contribution < 1.29 is 4.79 Å². The molecule has 1 heterocycles. The highest BCUT2D eigenvalue weighted by Crippen LogP contribution is 2.14. The highest BCUT2D eigenvalue weighted by molar-refractivity contribution is 6.21. The maximum atomic E-state index is 11.5. The lowest BCUT2D eigenvalue weighted by Crippen LogP contribution is -2.49. The molecule has 2 N–H and O–H groups in total. The summed E-state index contributed by atoms with van der Waals surface area (Å²) >= 11 is 5.92. The van der Waals surface area contributed by atoms with Crippen LogP contribution in [0.5, 0.6) is 0 Å². The molecule has 1 aromatic heterocycles. The summed E-state index contributed by atoms with van der Waals surface area (Å²) in [5, 5.41) is 12.2. The molecule has 0 fully saturated rings. The van der Waals surface area contributed by atoms with E-state index in [0.29, 0.717) is 0 Å². The van der Waals surface area contributed by atoms with Crippen LogP contribution in [-0.4, -0.2) is 32.2 Å². The largest absolute Gasteiger partial charge is 0.344 e. The number of alkyl halides is 1. The number of aromatic nitrogens is 3. The Morgan fingerprint density at radius 3 is 2.79 bits per heavy atom. The molecular weight excluding hydrogens is 204 g/mol. The third-order valence-corrected chi connectivity index (χ3v) is 2.62. The second-order valence-electron chi connectivity index (χ2n) is 3.65. The predicted molar refractivity (Wildman–Crippen MR) is 53.2 cm³/mol. The van der Waals surface area contributed by atoms with E-state index in [9.17, 15) is 4.79 Å². The molecule has 0 aliphatic carbocycles. The number of amides is 1. The van der Waals surface area contributed by atoms with Gasteiger partial charge in [-0.25, -0.2) is 0 Å². The molecule has 0 radical (unpaired) electrons. The molecule has 1 atom stereocenters. The molecule has 78 valence electrons. The number of nitrogens with one attached hydrogen (secondary N) is 2. The predicted octanol–water partition coefficient (Wildman–Crippen LogP) is 0.940. The molecule has 0 aliphatic rings. The smallest absolute Gasteiger partial charge is 0.273 e. The molecule has 1 unspecified atom stereocenters. The van der Waals surface area contributed by atoms with E-state index in [0.717, 1.165) is 0 Å². The first-order chi connectivity index (χ1) is 6.43. The molecule has 6 heteroatoms. The number of hydrogen-bond acceptors (Lipinski definition) is 3. The first-order valence-corrected chi connectivity index (χ1v) is 4.69. The Morgan fingerprint density at radius 2 is 2.36 bits per heavy atom. The average molecular weight is 217 g/mol. The summed E-state index contributed by atoms with van der Waals surface area (Å²) in [7, 11) is 0. The Balaban J connectivity index is 2.66. The van der Waals surface area contributed by atoms with Gasteiger partial charge in [-0.2, -0.15) is 15.4 Å². The van der Waals surface area contributed by atoms with Crippen molar-refractivity contribution >= 4 is 17.5 Å². The van der Waals surface area contributed by atoms with Crippen molar-refractivity contribution in [3.05, 3.63) is 11.9 Å². The highest BCUT2D eigenvalue weighted by atomic mass is 35.5. The van der Waals surface area contributed by atoms with Crippen LogP contribution in [0.4, 0.5) is 0 Å². The monoisotopic (exact) mass is 216 g/mol. The van der Waals surface area contributed by atoms with E-state index >= 15 is 0 Å². The summed E-state index contributed by atoms with van der Waals surface area (Å²) in [4.78, 5) is 11.5. The number of nitrogens with zero attached hydrogens (tertiary/aromatic N) is 2. The third-order valence-electron chi connectivity index (χ3n) is 2.08. The molecule has 0 bridgehead atoms. The van der Waals surface area contributed by atoms with Crippen LogP contribution in [0.25, 0.3) is 0 Å². The van der Waals surface area contributed by atoms with E-state index in [2.05, 4.69) is 20.7 Å². The molecule has 0 saturated heterocycles. The van der Waals surface area contributed by atoms with E-state index in [4.69, 9.17) is 11.6 Å². The summed E-state index contributed by atoms with van der Waals surface area (Å²) in [6.45, 7) is 5.52. The van der Waals surface area contributed by atoms with Gasteiger partial charge in [-0.05, 0) is 20.8 Å². The number of carbonyl (C=O) groups excluding carboxylic acids is 1. The molecular formula is C8H13ClN4O. The second kappa shape index (κ2) is 3.96. The zero-order valence-corrected chi connectivity index (χ0v) is 9.09. The summed E-state index contributed by atoms with van der Waals surface area (Å²) < 4.78 is 0. The molecule has 14 heavy (non-hydrogen) atoms. The van der Waals surface area contributed by atoms with Gasteiger partial charge in [0.05, 0.1) is 17.1 Å². The van der Waals surface area contributed by atoms with Gasteiger partial charge in [-0.1, -0.05) is 0 Å². The van der Waals surface area contributed by atoms with Crippen molar-refractivity contribution in [3.8, 4) is 0 Å². The number of rotatable bonds is 3. The summed E-state index contributed by atoms with van der Waals surface area (Å²) in [5.74, 6) is -0.281. The Kier molecular flexibility index (Phi) is 3.10. The second-order valence-corrected chi connectivity index (χ2v) is 4.30. The minimum Gasteiger partial charge on any atom is -0.344 e. The van der Waals surface area contributed by atoms with Crippen LogP contribution in [0.3, 0.4) is 0 Å². The molecule has 0 aromatic carbocycles. The topological polar surface area (TPSA) is 70.7 Å². The molecule has 1 rings (SSSR count). The van der Waals surface area contributed by atoms with Crippen LogP contribution in [-0.2, 0) is 0 Å². The average Bonchev–Trinajstić information content (AvgIpc) is 2.54. The van der Waals surface area contributed by atoms with Crippen molar-refractivity contribution in [1.29, 1.82) is 0 Å². The standard InChI is InChI=1S/C8H13ClN4O/c1-5(9)8(2,3)11-7(14)6-4-10-13-12-6/h4-5H,1-3H3,(H,11,14)(H,10,12,13). The van der Waals surface area contributed by atoms with Crippen LogP contribution in [0.15, 0.2) is 6.20 Å². The van der Waals surface area contributed by atoms with Crippen molar-refractivity contribution in [2.45, 2.75) is 31.7 Å². The Morgan fingerprint density at radius 1 is 1.71 bits per heavy atom. The number of carbonyl (C=O) groups is 1. The van der Waals surface area contributed by atoms with Crippen molar-refractivity contribution in [1.82, 2.24) is 20.7 Å². The minimum absolute atomic E-state index is 0.168. The SMILES string of the molecule is CC(Cl)C(C)(C)NC(=O)c1cn[nH]n1. The first-order valence-electron chi connectivity index (χ1n) is 4.26. The minimum atomic E-state index is -0.475. The fourth-order valence-electron chi connectivity index (χ4n) is 0.767. The van der Waals surface area contributed by atoms with Crippen molar-refractivity contribution in [3.63, 3.8) is 0 Å². The lowest BCUT2D eigenvalue weighted by Gasteiger charge is -2.28. The van der Waals surface area contributed by atoms with Gasteiger partial charge in [0.2, 0.25) is 0 Å². The Bertz CT molecular complexity index is 307. The molecule has 0 aliphatic heterocycles. The van der Waals surface area contributed by atoms with Crippen LogP contribution in [0.1, 0.15) is 31.3 Å². The molecule has 0 saturated carbocycles. The number of aromatic amines is 1. The highest BCUT2D eigenvalue weighted by Gasteiger charge is 2.27. The number of halogens is 1. The molecule has 5 nitrogen and oxygen atoms in total. The summed E-state index contributed by atoms with van der Waals surface area (Å²) in [6.07, 6.45) is 1.37. The maximum absolute atomic E-state index is 11.5. The van der Waals surface area contributed by atoms with E-state index < -0.39 is 5.54 Å². The quantitative estimate of drug-likeness (QED) is 0.739. The van der Waals surface area contributed by atoms with E-state index in [1.807, 2.05) is 20.8 Å². The Labute approximate surface area is 87.2 Å². The van der Waals surface area contributed by atoms with E-state index in [-0.39, 0.29) is 17.0 Å². The third kappa shape index (κ3) is 2.45. The fraction of sp³-hybridized carbons (Fsp3) is 0.625. The van der Waals surface area contributed by atoms with Gasteiger partial charge in [0.25, 0.3) is 5.91 Å². The van der Waals surface area contributed by atoms with Crippen LogP contribution in [0, 0.1) is 0 Å².